The molecule has 4 atom stereocenters. The fraction of sp³-hybridized carbons (Fsp3) is 0.700. The lowest BCUT2D eigenvalue weighted by Crippen LogP contribution is -2.28. The molecular formula is C20H28N8O6. The third-order valence-corrected chi connectivity index (χ3v) is 4.21. The van der Waals surface area contributed by atoms with Crippen molar-refractivity contribution in [2.75, 3.05) is 13.2 Å². The lowest BCUT2D eigenvalue weighted by molar-refractivity contribution is -0.138. The Balaban J connectivity index is 0. The van der Waals surface area contributed by atoms with Crippen LogP contribution in [0, 0.1) is 45.3 Å². The number of carboxylic acids is 2. The maximum Gasteiger partial charge on any atom is 0.303 e. The molecule has 34 heavy (non-hydrogen) atoms. The summed E-state index contributed by atoms with van der Waals surface area (Å²) < 4.78 is 0. The van der Waals surface area contributed by atoms with Gasteiger partial charge in [-0.2, -0.15) is 41.5 Å². The Labute approximate surface area is 197 Å². The molecule has 0 spiro atoms. The second-order valence-electron chi connectivity index (χ2n) is 8.05. The Kier molecular flexibility index (Phi) is 13.5. The summed E-state index contributed by atoms with van der Waals surface area (Å²) in [6, 6.07) is 7.19. The van der Waals surface area contributed by atoms with Gasteiger partial charge in [0.1, 0.15) is 0 Å². The minimum atomic E-state index is -1.35. The molecule has 0 radical (unpaired) electrons. The molecule has 0 saturated carbocycles. The summed E-state index contributed by atoms with van der Waals surface area (Å²) >= 11 is 0. The largest absolute Gasteiger partial charge is 0.481 e. The average Bonchev–Trinajstić information content (AvgIpc) is 2.83. The van der Waals surface area contributed by atoms with Gasteiger partial charge in [0, 0.05) is 12.8 Å². The standard InChI is InChI=1S/C12H16N4O4.C8H12N4O2/c1-11(7-13,5-3-9(17)18)15-16-12(2,8-14)6-4-10(19)20;1-7(3-9,5-13)11-12-8(2,4-10)6-14/h3-6H2,1-2H3,(H,17,18)(H,19,20);13-14H,5-6H2,1-2H3. The minimum Gasteiger partial charge on any atom is -0.481 e. The molecule has 0 bridgehead atoms. The van der Waals surface area contributed by atoms with Gasteiger partial charge in [-0.3, -0.25) is 9.59 Å². The van der Waals surface area contributed by atoms with Gasteiger partial charge in [-0.05, 0) is 40.5 Å². The third kappa shape index (κ3) is 12.8. The van der Waals surface area contributed by atoms with Crippen LogP contribution in [0.2, 0.25) is 0 Å². The highest BCUT2D eigenvalue weighted by atomic mass is 16.4. The van der Waals surface area contributed by atoms with E-state index in [1.54, 1.807) is 12.1 Å². The maximum absolute atomic E-state index is 10.5. The van der Waals surface area contributed by atoms with Gasteiger partial charge in [0.25, 0.3) is 0 Å². The predicted octanol–water partition coefficient (Wildman–Crippen LogP) is 1.72. The summed E-state index contributed by atoms with van der Waals surface area (Å²) in [5.74, 6) is -2.12. The minimum absolute atomic E-state index is 0.0389. The quantitative estimate of drug-likeness (QED) is 0.296. The molecule has 184 valence electrons. The first-order valence-corrected chi connectivity index (χ1v) is 9.80. The van der Waals surface area contributed by atoms with E-state index in [0.717, 1.165) is 0 Å². The van der Waals surface area contributed by atoms with Gasteiger partial charge in [0.05, 0.1) is 37.5 Å². The Bertz CT molecular complexity index is 869. The summed E-state index contributed by atoms with van der Waals surface area (Å²) in [5, 5.41) is 84.6. The second-order valence-corrected chi connectivity index (χ2v) is 8.05. The van der Waals surface area contributed by atoms with Crippen LogP contribution in [0.5, 0.6) is 0 Å². The maximum atomic E-state index is 10.5. The van der Waals surface area contributed by atoms with E-state index in [9.17, 15) is 9.59 Å². The highest BCUT2D eigenvalue weighted by Gasteiger charge is 2.29. The topological polar surface area (TPSA) is 260 Å². The van der Waals surface area contributed by atoms with Gasteiger partial charge in [-0.25, -0.2) is 0 Å². The van der Waals surface area contributed by atoms with Gasteiger partial charge in [0.2, 0.25) is 0 Å². The lowest BCUT2D eigenvalue weighted by Gasteiger charge is -2.18. The predicted molar refractivity (Wildman–Crippen MR) is 114 cm³/mol. The van der Waals surface area contributed by atoms with Gasteiger partial charge >= 0.3 is 11.9 Å². The summed E-state index contributed by atoms with van der Waals surface area (Å²) in [5.41, 5.74) is -5.40. The van der Waals surface area contributed by atoms with Crippen molar-refractivity contribution in [2.24, 2.45) is 20.5 Å². The molecule has 0 amide bonds. The number of nitrogens with zero attached hydrogens (tertiary/aromatic N) is 8. The third-order valence-electron chi connectivity index (χ3n) is 4.21. The van der Waals surface area contributed by atoms with E-state index in [1.807, 2.05) is 12.1 Å². The Morgan fingerprint density at radius 2 is 0.853 bits per heavy atom. The first kappa shape index (κ1) is 32.2. The number of carboxylic acid groups (broad SMARTS) is 2. The van der Waals surface area contributed by atoms with Crippen LogP contribution in [0.4, 0.5) is 0 Å². The monoisotopic (exact) mass is 476 g/mol. The van der Waals surface area contributed by atoms with Crippen molar-refractivity contribution in [1.29, 1.82) is 21.0 Å². The summed E-state index contributed by atoms with van der Waals surface area (Å²) in [6.45, 7) is 4.61. The molecule has 0 heterocycles. The van der Waals surface area contributed by atoms with Crippen molar-refractivity contribution >= 4 is 11.9 Å². The second kappa shape index (κ2) is 14.2. The van der Waals surface area contributed by atoms with Gasteiger partial charge in [0.15, 0.2) is 22.2 Å². The van der Waals surface area contributed by atoms with Crippen LogP contribution in [-0.2, 0) is 9.59 Å². The molecule has 0 rings (SSSR count). The summed E-state index contributed by atoms with van der Waals surface area (Å²) in [4.78, 5) is 21.0. The number of aliphatic carboxylic acids is 2. The van der Waals surface area contributed by atoms with Crippen LogP contribution in [0.3, 0.4) is 0 Å². The number of carbonyl (C=O) groups is 2. The molecule has 0 fully saturated rings. The highest BCUT2D eigenvalue weighted by Crippen LogP contribution is 2.23. The molecule has 0 saturated heterocycles. The molecule has 4 unspecified atom stereocenters. The van der Waals surface area contributed by atoms with Crippen LogP contribution in [0.15, 0.2) is 20.5 Å². The van der Waals surface area contributed by atoms with Crippen molar-refractivity contribution in [1.82, 2.24) is 0 Å². The Morgan fingerprint density at radius 1 is 0.618 bits per heavy atom. The molecule has 14 heteroatoms. The lowest BCUT2D eigenvalue weighted by atomic mass is 9.97. The fourth-order valence-electron chi connectivity index (χ4n) is 1.58. The van der Waals surface area contributed by atoms with Crippen LogP contribution in [-0.4, -0.2) is 67.7 Å². The van der Waals surface area contributed by atoms with Crippen molar-refractivity contribution in [3.05, 3.63) is 0 Å². The molecule has 0 aliphatic rings. The Hall–Kier alpha value is -3.98. The van der Waals surface area contributed by atoms with Gasteiger partial charge in [-0.15, -0.1) is 0 Å². The zero-order chi connectivity index (χ0) is 27.1. The number of azo groups is 2. The number of rotatable bonds is 12. The first-order valence-electron chi connectivity index (χ1n) is 9.80. The number of aliphatic hydroxyl groups is 2. The number of hydrogen-bond donors (Lipinski definition) is 4. The van der Waals surface area contributed by atoms with Crippen LogP contribution >= 0.6 is 0 Å². The number of nitriles is 4. The number of hydrogen-bond acceptors (Lipinski definition) is 12. The molecule has 0 aromatic heterocycles. The number of aliphatic hydroxyl groups excluding tert-OH is 2. The molecule has 0 aromatic carbocycles. The molecule has 14 nitrogen and oxygen atoms in total. The highest BCUT2D eigenvalue weighted by molar-refractivity contribution is 5.67. The van der Waals surface area contributed by atoms with Crippen molar-refractivity contribution < 1.29 is 30.0 Å². The van der Waals surface area contributed by atoms with Gasteiger partial charge < -0.3 is 20.4 Å². The van der Waals surface area contributed by atoms with Crippen LogP contribution < -0.4 is 0 Å². The van der Waals surface area contributed by atoms with Crippen LogP contribution in [0.25, 0.3) is 0 Å². The average molecular weight is 476 g/mol. The summed E-state index contributed by atoms with van der Waals surface area (Å²) in [6.07, 6.45) is -0.575. The van der Waals surface area contributed by atoms with Crippen molar-refractivity contribution in [3.8, 4) is 24.3 Å². The zero-order valence-electron chi connectivity index (χ0n) is 19.4. The smallest absolute Gasteiger partial charge is 0.303 e. The van der Waals surface area contributed by atoms with E-state index in [0.29, 0.717) is 0 Å². The molecule has 0 aromatic rings. The zero-order valence-corrected chi connectivity index (χ0v) is 19.4. The summed E-state index contributed by atoms with van der Waals surface area (Å²) in [7, 11) is 0. The fourth-order valence-corrected chi connectivity index (χ4v) is 1.58. The Morgan fingerprint density at radius 3 is 1.03 bits per heavy atom. The van der Waals surface area contributed by atoms with E-state index in [-0.39, 0.29) is 25.7 Å². The SMILES string of the molecule is CC(C#N)(CCC(=O)O)N=NC(C)(C#N)CCC(=O)O.CC(C#N)(CO)N=NC(C)(C#N)CO. The molecular weight excluding hydrogens is 448 g/mol. The van der Waals surface area contributed by atoms with Crippen molar-refractivity contribution in [3.63, 3.8) is 0 Å². The first-order chi connectivity index (χ1) is 15.6. The normalized spacial score (nSPS) is 17.7. The molecule has 4 N–H and O–H groups in total. The van der Waals surface area contributed by atoms with Crippen LogP contribution in [0.1, 0.15) is 53.4 Å². The van der Waals surface area contributed by atoms with E-state index >= 15 is 0 Å². The van der Waals surface area contributed by atoms with Crippen molar-refractivity contribution in [2.45, 2.75) is 75.5 Å². The van der Waals surface area contributed by atoms with Gasteiger partial charge in [-0.1, -0.05) is 0 Å². The van der Waals surface area contributed by atoms with E-state index in [1.165, 1.54) is 27.7 Å². The molecule has 0 aliphatic heterocycles. The van der Waals surface area contributed by atoms with E-state index < -0.39 is 47.3 Å². The van der Waals surface area contributed by atoms with E-state index in [2.05, 4.69) is 20.5 Å². The molecule has 0 aliphatic carbocycles. The van der Waals surface area contributed by atoms with E-state index in [4.69, 9.17) is 41.5 Å².